The van der Waals surface area contributed by atoms with Gasteiger partial charge in [0, 0.05) is 24.2 Å². The second-order valence-electron chi connectivity index (χ2n) is 5.48. The fourth-order valence-electron chi connectivity index (χ4n) is 2.73. The van der Waals surface area contributed by atoms with Gasteiger partial charge in [0.1, 0.15) is 5.56 Å². The van der Waals surface area contributed by atoms with Gasteiger partial charge in [-0.25, -0.2) is 23.1 Å². The third-order valence-electron chi connectivity index (χ3n) is 3.99. The van der Waals surface area contributed by atoms with Crippen LogP contribution < -0.4 is 11.2 Å². The molecule has 2 N–H and O–H groups in total. The van der Waals surface area contributed by atoms with Gasteiger partial charge in [0.15, 0.2) is 5.82 Å². The SMILES string of the molecule is O=c1[nH]cc(-c2nc([C@H]3C[C@@H]3C(F)F)c3cccn3n2)c(=O)[nH]1. The van der Waals surface area contributed by atoms with E-state index in [9.17, 15) is 18.4 Å². The monoisotopic (exact) mass is 319 g/mol. The van der Waals surface area contributed by atoms with Crippen molar-refractivity contribution in [2.24, 2.45) is 5.92 Å². The Morgan fingerprint density at radius 1 is 1.35 bits per heavy atom. The van der Waals surface area contributed by atoms with Crippen LogP contribution in [0.15, 0.2) is 34.1 Å². The Labute approximate surface area is 127 Å². The molecule has 0 amide bonds. The van der Waals surface area contributed by atoms with E-state index in [1.807, 2.05) is 0 Å². The van der Waals surface area contributed by atoms with E-state index in [0.29, 0.717) is 17.6 Å². The minimum Gasteiger partial charge on any atom is -0.313 e. The van der Waals surface area contributed by atoms with Gasteiger partial charge in [0.05, 0.1) is 11.2 Å². The lowest BCUT2D eigenvalue weighted by Crippen LogP contribution is -2.23. The summed E-state index contributed by atoms with van der Waals surface area (Å²) >= 11 is 0. The van der Waals surface area contributed by atoms with E-state index >= 15 is 0 Å². The molecule has 3 aromatic heterocycles. The molecule has 1 aliphatic carbocycles. The Kier molecular flexibility index (Phi) is 2.90. The quantitative estimate of drug-likeness (QED) is 0.757. The molecule has 9 heteroatoms. The van der Waals surface area contributed by atoms with Crippen LogP contribution in [0.3, 0.4) is 0 Å². The summed E-state index contributed by atoms with van der Waals surface area (Å²) in [6.07, 6.45) is 0.832. The van der Waals surface area contributed by atoms with E-state index in [4.69, 9.17) is 0 Å². The summed E-state index contributed by atoms with van der Waals surface area (Å²) < 4.78 is 27.2. The Morgan fingerprint density at radius 3 is 2.87 bits per heavy atom. The normalized spacial score (nSPS) is 20.3. The van der Waals surface area contributed by atoms with Gasteiger partial charge in [-0.05, 0) is 18.6 Å². The molecule has 0 saturated heterocycles. The lowest BCUT2D eigenvalue weighted by atomic mass is 10.2. The van der Waals surface area contributed by atoms with Crippen molar-refractivity contribution in [3.05, 3.63) is 51.1 Å². The zero-order valence-electron chi connectivity index (χ0n) is 11.7. The Morgan fingerprint density at radius 2 is 2.17 bits per heavy atom. The number of fused-ring (bicyclic) bond motifs is 1. The van der Waals surface area contributed by atoms with E-state index in [1.165, 1.54) is 10.7 Å². The first kappa shape index (κ1) is 13.8. The predicted octanol–water partition coefficient (Wildman–Crippen LogP) is 1.14. The second-order valence-corrected chi connectivity index (χ2v) is 5.48. The van der Waals surface area contributed by atoms with Crippen LogP contribution in [0.25, 0.3) is 16.9 Å². The van der Waals surface area contributed by atoms with Crippen molar-refractivity contribution in [2.45, 2.75) is 18.8 Å². The number of aromatic amines is 2. The number of hydrogen-bond donors (Lipinski definition) is 2. The highest BCUT2D eigenvalue weighted by Gasteiger charge is 2.47. The lowest BCUT2D eigenvalue weighted by molar-refractivity contribution is 0.120. The first-order chi connectivity index (χ1) is 11.0. The van der Waals surface area contributed by atoms with Crippen LogP contribution in [-0.4, -0.2) is 31.0 Å². The molecule has 0 bridgehead atoms. The number of H-pyrrole nitrogens is 2. The molecule has 3 aromatic rings. The molecule has 4 rings (SSSR count). The molecule has 1 saturated carbocycles. The molecule has 0 unspecified atom stereocenters. The molecule has 118 valence electrons. The molecule has 23 heavy (non-hydrogen) atoms. The van der Waals surface area contributed by atoms with Crippen LogP contribution in [-0.2, 0) is 0 Å². The second kappa shape index (κ2) is 4.83. The maximum atomic E-state index is 12.9. The van der Waals surface area contributed by atoms with Gasteiger partial charge in [-0.3, -0.25) is 9.78 Å². The molecular formula is C14H11F2N5O2. The van der Waals surface area contributed by atoms with Crippen molar-refractivity contribution in [2.75, 3.05) is 0 Å². The first-order valence-corrected chi connectivity index (χ1v) is 7.00. The minimum absolute atomic E-state index is 0.0793. The molecule has 3 heterocycles. The van der Waals surface area contributed by atoms with Crippen LogP contribution in [0, 0.1) is 5.92 Å². The summed E-state index contributed by atoms with van der Waals surface area (Å²) in [7, 11) is 0. The van der Waals surface area contributed by atoms with E-state index < -0.39 is 23.6 Å². The maximum absolute atomic E-state index is 12.9. The molecular weight excluding hydrogens is 308 g/mol. The number of aromatic nitrogens is 5. The smallest absolute Gasteiger partial charge is 0.313 e. The largest absolute Gasteiger partial charge is 0.325 e. The summed E-state index contributed by atoms with van der Waals surface area (Å²) in [5, 5.41) is 4.21. The highest BCUT2D eigenvalue weighted by atomic mass is 19.3. The molecule has 0 aliphatic heterocycles. The molecule has 2 atom stereocenters. The summed E-state index contributed by atoms with van der Waals surface area (Å²) in [5.74, 6) is -0.984. The average molecular weight is 319 g/mol. The van der Waals surface area contributed by atoms with Gasteiger partial charge in [-0.2, -0.15) is 0 Å². The molecule has 0 spiro atoms. The van der Waals surface area contributed by atoms with Gasteiger partial charge < -0.3 is 4.98 Å². The number of nitrogens with zero attached hydrogens (tertiary/aromatic N) is 3. The van der Waals surface area contributed by atoms with Gasteiger partial charge >= 0.3 is 5.69 Å². The number of rotatable bonds is 3. The average Bonchev–Trinajstić information content (AvgIpc) is 3.16. The number of hydrogen-bond acceptors (Lipinski definition) is 4. The summed E-state index contributed by atoms with van der Waals surface area (Å²) in [6.45, 7) is 0. The van der Waals surface area contributed by atoms with Crippen molar-refractivity contribution in [3.8, 4) is 11.4 Å². The van der Waals surface area contributed by atoms with Crippen LogP contribution in [0.4, 0.5) is 8.78 Å². The van der Waals surface area contributed by atoms with E-state index in [-0.39, 0.29) is 17.3 Å². The van der Waals surface area contributed by atoms with Crippen molar-refractivity contribution >= 4 is 5.52 Å². The maximum Gasteiger partial charge on any atom is 0.325 e. The van der Waals surface area contributed by atoms with Gasteiger partial charge in [-0.1, -0.05) is 0 Å². The van der Waals surface area contributed by atoms with E-state index in [1.54, 1.807) is 18.3 Å². The molecule has 1 aliphatic rings. The fraction of sp³-hybridized carbons (Fsp3) is 0.286. The topological polar surface area (TPSA) is 95.9 Å². The summed E-state index contributed by atoms with van der Waals surface area (Å²) in [5.41, 5.74) is -0.0530. The van der Waals surface area contributed by atoms with Crippen LogP contribution in [0.2, 0.25) is 0 Å². The van der Waals surface area contributed by atoms with Crippen molar-refractivity contribution < 1.29 is 8.78 Å². The Hall–Kier alpha value is -2.84. The third kappa shape index (κ3) is 2.24. The number of nitrogens with one attached hydrogen (secondary N) is 2. The van der Waals surface area contributed by atoms with Crippen molar-refractivity contribution in [1.82, 2.24) is 24.6 Å². The van der Waals surface area contributed by atoms with Crippen LogP contribution in [0.5, 0.6) is 0 Å². The van der Waals surface area contributed by atoms with Crippen molar-refractivity contribution in [1.29, 1.82) is 0 Å². The molecule has 7 nitrogen and oxygen atoms in total. The zero-order valence-corrected chi connectivity index (χ0v) is 11.7. The number of alkyl halides is 2. The standard InChI is InChI=1S/C14H11F2N5O2/c15-11(16)7-4-6(7)10-9-2-1-3-21(9)20-12(18-10)8-5-17-14(23)19-13(8)22/h1-3,5-7,11H,4H2,(H2,17,19,22,23)/t6-,7-/m0/s1. The van der Waals surface area contributed by atoms with E-state index in [0.717, 1.165) is 0 Å². The molecule has 0 radical (unpaired) electrons. The predicted molar refractivity (Wildman–Crippen MR) is 76.5 cm³/mol. The highest BCUT2D eigenvalue weighted by molar-refractivity contribution is 5.59. The zero-order chi connectivity index (χ0) is 16.1. The first-order valence-electron chi connectivity index (χ1n) is 7.00. The van der Waals surface area contributed by atoms with Crippen LogP contribution in [0.1, 0.15) is 18.0 Å². The summed E-state index contributed by atoms with van der Waals surface area (Å²) in [4.78, 5) is 31.8. The number of halogens is 2. The third-order valence-corrected chi connectivity index (χ3v) is 3.99. The van der Waals surface area contributed by atoms with Gasteiger partial charge in [0.2, 0.25) is 6.43 Å². The fourth-order valence-corrected chi connectivity index (χ4v) is 2.73. The van der Waals surface area contributed by atoms with Gasteiger partial charge in [-0.15, -0.1) is 5.10 Å². The van der Waals surface area contributed by atoms with E-state index in [2.05, 4.69) is 20.1 Å². The molecule has 1 fully saturated rings. The van der Waals surface area contributed by atoms with Crippen LogP contribution >= 0.6 is 0 Å². The summed E-state index contributed by atoms with van der Waals surface area (Å²) in [6, 6.07) is 3.48. The van der Waals surface area contributed by atoms with Gasteiger partial charge in [0.25, 0.3) is 5.56 Å². The highest BCUT2D eigenvalue weighted by Crippen LogP contribution is 2.51. The Balaban J connectivity index is 1.89. The lowest BCUT2D eigenvalue weighted by Gasteiger charge is -2.06. The molecule has 0 aromatic carbocycles. The van der Waals surface area contributed by atoms with Crippen molar-refractivity contribution in [3.63, 3.8) is 0 Å². The Bertz CT molecular complexity index is 1010. The minimum atomic E-state index is -2.40.